The number of aryl methyl sites for hydroxylation is 1. The molecule has 2 aromatic rings. The Kier molecular flexibility index (Phi) is 8.72. The number of amides is 1. The zero-order valence-corrected chi connectivity index (χ0v) is 23.3. The van der Waals surface area contributed by atoms with Crippen molar-refractivity contribution in [1.29, 1.82) is 0 Å². The molecule has 2 aliphatic carbocycles. The zero-order valence-electron chi connectivity index (χ0n) is 23.3. The van der Waals surface area contributed by atoms with Crippen LogP contribution in [0.25, 0.3) is 0 Å². The molecule has 0 radical (unpaired) electrons. The standard InChI is InChI=1S/C33H39N3O4/c1-23-7-13-28(14-8-23)40-29-15-9-25(10-16-29)22-34-33(39)32(38)31(37)30(26-11-12-26)36-19-17-35(18-20-36)27-6-4-3-5-24(2)21-27/h3-10,13-16,21,24,31-32,37-38H,11-12,17-20,22H2,1-2H3,(H,34,39). The van der Waals surface area contributed by atoms with Gasteiger partial charge in [-0.15, -0.1) is 0 Å². The van der Waals surface area contributed by atoms with Crippen molar-refractivity contribution in [2.75, 3.05) is 26.2 Å². The van der Waals surface area contributed by atoms with E-state index in [1.807, 2.05) is 55.5 Å². The van der Waals surface area contributed by atoms with Crippen molar-refractivity contribution < 1.29 is 19.7 Å². The van der Waals surface area contributed by atoms with E-state index in [0.29, 0.717) is 11.7 Å². The van der Waals surface area contributed by atoms with Gasteiger partial charge in [0, 0.05) is 44.1 Å². The second-order valence-electron chi connectivity index (χ2n) is 10.8. The van der Waals surface area contributed by atoms with Gasteiger partial charge in [-0.05, 0) is 67.2 Å². The third-order valence-electron chi connectivity index (χ3n) is 7.57. The molecule has 5 rings (SSSR count). The molecule has 1 saturated carbocycles. The predicted molar refractivity (Wildman–Crippen MR) is 156 cm³/mol. The van der Waals surface area contributed by atoms with E-state index in [-0.39, 0.29) is 6.54 Å². The number of hydrogen-bond acceptors (Lipinski definition) is 6. The molecule has 210 valence electrons. The molecule has 0 bridgehead atoms. The van der Waals surface area contributed by atoms with E-state index in [1.165, 1.54) is 11.3 Å². The van der Waals surface area contributed by atoms with Crippen LogP contribution >= 0.6 is 0 Å². The monoisotopic (exact) mass is 541 g/mol. The summed E-state index contributed by atoms with van der Waals surface area (Å²) in [5, 5.41) is 24.7. The van der Waals surface area contributed by atoms with Crippen LogP contribution in [0.4, 0.5) is 0 Å². The Morgan fingerprint density at radius 3 is 2.25 bits per heavy atom. The SMILES string of the molecule is Cc1ccc(Oc2ccc(CNC(=O)C(O)C(O)C(=C3CC3)N3CCN(C4=CC(C)C=CC=C4)CC3)cc2)cc1. The Morgan fingerprint density at radius 2 is 1.60 bits per heavy atom. The number of ether oxygens (including phenoxy) is 1. The van der Waals surface area contributed by atoms with Crippen molar-refractivity contribution >= 4 is 5.91 Å². The number of aliphatic hydroxyl groups is 2. The van der Waals surface area contributed by atoms with Gasteiger partial charge in [-0.3, -0.25) is 4.79 Å². The zero-order chi connectivity index (χ0) is 28.1. The first-order chi connectivity index (χ1) is 19.4. The largest absolute Gasteiger partial charge is 0.457 e. The molecule has 40 heavy (non-hydrogen) atoms. The average Bonchev–Trinajstić information content (AvgIpc) is 3.82. The molecule has 7 nitrogen and oxygen atoms in total. The molecule has 1 heterocycles. The van der Waals surface area contributed by atoms with Crippen molar-refractivity contribution in [3.63, 3.8) is 0 Å². The minimum atomic E-state index is -1.54. The highest BCUT2D eigenvalue weighted by Crippen LogP contribution is 2.36. The molecule has 1 aliphatic heterocycles. The van der Waals surface area contributed by atoms with Gasteiger partial charge in [0.2, 0.25) is 0 Å². The Hall–Kier alpha value is -3.81. The van der Waals surface area contributed by atoms with Gasteiger partial charge < -0.3 is 30.1 Å². The summed E-state index contributed by atoms with van der Waals surface area (Å²) in [6, 6.07) is 15.3. The molecule has 7 heteroatoms. The highest BCUT2D eigenvalue weighted by molar-refractivity contribution is 5.81. The molecule has 3 N–H and O–H groups in total. The van der Waals surface area contributed by atoms with Crippen LogP contribution in [-0.2, 0) is 11.3 Å². The Labute approximate surface area is 236 Å². The van der Waals surface area contributed by atoms with Gasteiger partial charge in [0.05, 0.1) is 0 Å². The molecular formula is C33H39N3O4. The number of aliphatic hydroxyl groups excluding tert-OH is 2. The number of hydrogen-bond donors (Lipinski definition) is 3. The van der Waals surface area contributed by atoms with Crippen LogP contribution in [0.1, 0.15) is 30.9 Å². The second-order valence-corrected chi connectivity index (χ2v) is 10.8. The molecular weight excluding hydrogens is 502 g/mol. The maximum atomic E-state index is 12.8. The van der Waals surface area contributed by atoms with Crippen LogP contribution in [0.3, 0.4) is 0 Å². The third-order valence-corrected chi connectivity index (χ3v) is 7.57. The maximum Gasteiger partial charge on any atom is 0.252 e. The number of piperazine rings is 1. The normalized spacial score (nSPS) is 19.9. The van der Waals surface area contributed by atoms with Crippen LogP contribution in [0.2, 0.25) is 0 Å². The van der Waals surface area contributed by atoms with Crippen LogP contribution in [0.15, 0.2) is 95.9 Å². The van der Waals surface area contributed by atoms with E-state index in [0.717, 1.165) is 61.6 Å². The summed E-state index contributed by atoms with van der Waals surface area (Å²) < 4.78 is 5.86. The number of allylic oxidation sites excluding steroid dienone is 6. The van der Waals surface area contributed by atoms with Gasteiger partial charge in [0.25, 0.3) is 5.91 Å². The molecule has 3 aliphatic rings. The fraction of sp³-hybridized carbons (Fsp3) is 0.364. The number of nitrogens with zero attached hydrogens (tertiary/aromatic N) is 2. The summed E-state index contributed by atoms with van der Waals surface area (Å²) >= 11 is 0. The highest BCUT2D eigenvalue weighted by Gasteiger charge is 2.36. The molecule has 1 saturated heterocycles. The van der Waals surface area contributed by atoms with Crippen LogP contribution in [0.5, 0.6) is 11.5 Å². The summed E-state index contributed by atoms with van der Waals surface area (Å²) in [5.74, 6) is 1.26. The molecule has 0 spiro atoms. The first kappa shape index (κ1) is 27.7. The van der Waals surface area contributed by atoms with Gasteiger partial charge in [0.15, 0.2) is 6.10 Å². The van der Waals surface area contributed by atoms with Crippen molar-refractivity contribution in [1.82, 2.24) is 15.1 Å². The number of benzene rings is 2. The van der Waals surface area contributed by atoms with Crippen LogP contribution in [0, 0.1) is 12.8 Å². The van der Waals surface area contributed by atoms with E-state index in [1.54, 1.807) is 0 Å². The minimum absolute atomic E-state index is 0.244. The van der Waals surface area contributed by atoms with Crippen molar-refractivity contribution in [2.24, 2.45) is 5.92 Å². The van der Waals surface area contributed by atoms with E-state index in [2.05, 4.69) is 52.4 Å². The summed E-state index contributed by atoms with van der Waals surface area (Å²) in [5.41, 5.74) is 5.10. The van der Waals surface area contributed by atoms with E-state index in [4.69, 9.17) is 4.74 Å². The summed E-state index contributed by atoms with van der Waals surface area (Å²) in [4.78, 5) is 17.3. The number of carbonyl (C=O) groups excluding carboxylic acids is 1. The Morgan fingerprint density at radius 1 is 0.950 bits per heavy atom. The van der Waals surface area contributed by atoms with Crippen LogP contribution in [-0.4, -0.2) is 64.3 Å². The summed E-state index contributed by atoms with van der Waals surface area (Å²) in [7, 11) is 0. The fourth-order valence-electron chi connectivity index (χ4n) is 5.13. The average molecular weight is 542 g/mol. The number of rotatable bonds is 9. The van der Waals surface area contributed by atoms with E-state index < -0.39 is 18.1 Å². The van der Waals surface area contributed by atoms with Gasteiger partial charge >= 0.3 is 0 Å². The Bertz CT molecular complexity index is 1300. The third kappa shape index (κ3) is 7.03. The molecule has 3 atom stereocenters. The Balaban J connectivity index is 1.13. The van der Waals surface area contributed by atoms with Crippen molar-refractivity contribution in [3.05, 3.63) is 107 Å². The molecule has 2 fully saturated rings. The first-order valence-corrected chi connectivity index (χ1v) is 14.1. The molecule has 1 amide bonds. The quantitative estimate of drug-likeness (QED) is 0.436. The molecule has 2 aromatic carbocycles. The summed E-state index contributed by atoms with van der Waals surface area (Å²) in [6.45, 7) is 7.54. The van der Waals surface area contributed by atoms with Gasteiger partial charge in [-0.25, -0.2) is 0 Å². The van der Waals surface area contributed by atoms with Gasteiger partial charge in [-0.2, -0.15) is 0 Å². The summed E-state index contributed by atoms with van der Waals surface area (Å²) in [6.07, 6.45) is 9.75. The topological polar surface area (TPSA) is 85.3 Å². The lowest BCUT2D eigenvalue weighted by atomic mass is 10.1. The molecule has 0 aromatic heterocycles. The van der Waals surface area contributed by atoms with Crippen LogP contribution < -0.4 is 10.1 Å². The fourth-order valence-corrected chi connectivity index (χ4v) is 5.13. The van der Waals surface area contributed by atoms with Gasteiger partial charge in [0.1, 0.15) is 17.6 Å². The van der Waals surface area contributed by atoms with E-state index in [9.17, 15) is 15.0 Å². The minimum Gasteiger partial charge on any atom is -0.457 e. The number of carbonyl (C=O) groups is 1. The first-order valence-electron chi connectivity index (χ1n) is 14.1. The van der Waals surface area contributed by atoms with Crippen molar-refractivity contribution in [2.45, 2.75) is 45.4 Å². The second kappa shape index (κ2) is 12.6. The smallest absolute Gasteiger partial charge is 0.252 e. The van der Waals surface area contributed by atoms with Crippen molar-refractivity contribution in [3.8, 4) is 11.5 Å². The lowest BCUT2D eigenvalue weighted by Gasteiger charge is -2.40. The highest BCUT2D eigenvalue weighted by atomic mass is 16.5. The maximum absolute atomic E-state index is 12.8. The van der Waals surface area contributed by atoms with Gasteiger partial charge in [-0.1, -0.05) is 61.1 Å². The molecule has 3 unspecified atom stereocenters. The lowest BCUT2D eigenvalue weighted by molar-refractivity contribution is -0.134. The number of nitrogens with one attached hydrogen (secondary N) is 1. The lowest BCUT2D eigenvalue weighted by Crippen LogP contribution is -2.50. The predicted octanol–water partition coefficient (Wildman–Crippen LogP) is 4.44. The van der Waals surface area contributed by atoms with E-state index >= 15 is 0 Å².